The lowest BCUT2D eigenvalue weighted by atomic mass is 9.95. The second kappa shape index (κ2) is 7.84. The molecule has 30 heavy (non-hydrogen) atoms. The van der Waals surface area contributed by atoms with Gasteiger partial charge >= 0.3 is 12.0 Å². The Labute approximate surface area is 178 Å². The summed E-state index contributed by atoms with van der Waals surface area (Å²) in [5.74, 6) is -0.932. The van der Waals surface area contributed by atoms with Gasteiger partial charge in [0.1, 0.15) is 13.2 Å². The molecule has 2 aromatic rings. The van der Waals surface area contributed by atoms with E-state index in [9.17, 15) is 14.4 Å². The van der Waals surface area contributed by atoms with E-state index in [4.69, 9.17) is 16.3 Å². The first-order valence-electron chi connectivity index (χ1n) is 9.44. The number of anilines is 1. The average Bonchev–Trinajstić information content (AvgIpc) is 3.08. The van der Waals surface area contributed by atoms with Crippen LogP contribution in [-0.2, 0) is 14.3 Å². The third kappa shape index (κ3) is 3.76. The van der Waals surface area contributed by atoms with Crippen molar-refractivity contribution in [3.8, 4) is 0 Å². The first-order chi connectivity index (χ1) is 14.3. The number of benzene rings is 2. The quantitative estimate of drug-likeness (QED) is 0.734. The Morgan fingerprint density at radius 1 is 1.17 bits per heavy atom. The second-order valence-electron chi connectivity index (χ2n) is 7.35. The minimum absolute atomic E-state index is 0.0531. The standard InChI is InChI=1S/C22H20ClN3O4/c1-12-3-6-14(7-4-12)20-19-17(11-30-21(19)28)26(22(29)25-20)10-18(27)24-16-8-5-13(2)9-15(16)23/h3-9,20H,10-11H2,1-2H3,(H,24,27)(H,25,29). The van der Waals surface area contributed by atoms with Gasteiger partial charge in [0.25, 0.3) is 0 Å². The molecule has 4 rings (SSSR count). The SMILES string of the molecule is Cc1ccc(C2NC(=O)N(CC(=O)Nc3ccc(C)cc3Cl)C3=C2C(=O)OC3)cc1. The van der Waals surface area contributed by atoms with Crippen molar-refractivity contribution in [2.24, 2.45) is 0 Å². The summed E-state index contributed by atoms with van der Waals surface area (Å²) in [6, 6.07) is 11.7. The number of cyclic esters (lactones) is 1. The summed E-state index contributed by atoms with van der Waals surface area (Å²) in [5, 5.41) is 5.93. The zero-order valence-corrected chi connectivity index (χ0v) is 17.2. The summed E-state index contributed by atoms with van der Waals surface area (Å²) < 4.78 is 5.19. The maximum absolute atomic E-state index is 12.8. The van der Waals surface area contributed by atoms with E-state index in [2.05, 4.69) is 10.6 Å². The zero-order chi connectivity index (χ0) is 21.4. The third-order valence-electron chi connectivity index (χ3n) is 5.11. The first-order valence-corrected chi connectivity index (χ1v) is 9.82. The Kier molecular flexibility index (Phi) is 5.22. The summed E-state index contributed by atoms with van der Waals surface area (Å²) in [7, 11) is 0. The molecule has 0 bridgehead atoms. The van der Waals surface area contributed by atoms with Crippen molar-refractivity contribution in [1.29, 1.82) is 0 Å². The molecule has 0 saturated heterocycles. The summed E-state index contributed by atoms with van der Waals surface area (Å²) in [6.07, 6.45) is 0. The van der Waals surface area contributed by atoms with E-state index >= 15 is 0 Å². The number of nitrogens with one attached hydrogen (secondary N) is 2. The highest BCUT2D eigenvalue weighted by molar-refractivity contribution is 6.33. The van der Waals surface area contributed by atoms with Crippen LogP contribution in [-0.4, -0.2) is 36.0 Å². The van der Waals surface area contributed by atoms with Crippen LogP contribution < -0.4 is 10.6 Å². The summed E-state index contributed by atoms with van der Waals surface area (Å²) in [5.41, 5.74) is 4.01. The average molecular weight is 426 g/mol. The molecule has 2 aliphatic rings. The fourth-order valence-corrected chi connectivity index (χ4v) is 3.82. The van der Waals surface area contributed by atoms with Crippen LogP contribution in [0.1, 0.15) is 22.7 Å². The molecule has 3 amide bonds. The van der Waals surface area contributed by atoms with Gasteiger partial charge in [-0.1, -0.05) is 47.5 Å². The number of esters is 1. The second-order valence-corrected chi connectivity index (χ2v) is 7.75. The largest absolute Gasteiger partial charge is 0.456 e. The van der Waals surface area contributed by atoms with E-state index < -0.39 is 23.9 Å². The van der Waals surface area contributed by atoms with Crippen molar-refractivity contribution in [3.05, 3.63) is 75.4 Å². The van der Waals surface area contributed by atoms with Crippen LogP contribution in [0, 0.1) is 13.8 Å². The molecule has 8 heteroatoms. The Balaban J connectivity index is 1.59. The summed E-state index contributed by atoms with van der Waals surface area (Å²) in [6.45, 7) is 3.53. The molecule has 2 N–H and O–H groups in total. The highest BCUT2D eigenvalue weighted by Gasteiger charge is 2.42. The van der Waals surface area contributed by atoms with E-state index in [0.717, 1.165) is 16.7 Å². The minimum atomic E-state index is -0.617. The fraction of sp³-hybridized carbons (Fsp3) is 0.227. The van der Waals surface area contributed by atoms with Crippen molar-refractivity contribution in [1.82, 2.24) is 10.2 Å². The number of urea groups is 1. The number of halogens is 1. The lowest BCUT2D eigenvalue weighted by Gasteiger charge is -2.32. The van der Waals surface area contributed by atoms with Gasteiger partial charge in [-0.3, -0.25) is 9.69 Å². The van der Waals surface area contributed by atoms with E-state index in [1.54, 1.807) is 12.1 Å². The molecular weight excluding hydrogens is 406 g/mol. The van der Waals surface area contributed by atoms with Crippen LogP contribution in [0.15, 0.2) is 53.7 Å². The third-order valence-corrected chi connectivity index (χ3v) is 5.42. The van der Waals surface area contributed by atoms with Crippen LogP contribution in [0.25, 0.3) is 0 Å². The van der Waals surface area contributed by atoms with Crippen LogP contribution in [0.4, 0.5) is 10.5 Å². The highest BCUT2D eigenvalue weighted by atomic mass is 35.5. The first kappa shape index (κ1) is 20.0. The molecule has 7 nitrogen and oxygen atoms in total. The number of aryl methyl sites for hydroxylation is 2. The number of hydrogen-bond donors (Lipinski definition) is 2. The van der Waals surface area contributed by atoms with E-state index in [1.165, 1.54) is 4.90 Å². The molecule has 0 saturated carbocycles. The molecule has 0 spiro atoms. The van der Waals surface area contributed by atoms with Gasteiger partial charge in [0.15, 0.2) is 0 Å². The number of amides is 3. The molecule has 0 radical (unpaired) electrons. The number of carbonyl (C=O) groups is 3. The number of carbonyl (C=O) groups excluding carboxylic acids is 3. The van der Waals surface area contributed by atoms with Crippen molar-refractivity contribution in [2.45, 2.75) is 19.9 Å². The van der Waals surface area contributed by atoms with Gasteiger partial charge in [-0.25, -0.2) is 9.59 Å². The summed E-state index contributed by atoms with van der Waals surface area (Å²) >= 11 is 6.17. The molecule has 2 heterocycles. The van der Waals surface area contributed by atoms with Gasteiger partial charge in [-0.15, -0.1) is 0 Å². The van der Waals surface area contributed by atoms with Crippen LogP contribution in [0.5, 0.6) is 0 Å². The number of hydrogen-bond acceptors (Lipinski definition) is 4. The Morgan fingerprint density at radius 2 is 1.87 bits per heavy atom. The maximum atomic E-state index is 12.8. The predicted molar refractivity (Wildman–Crippen MR) is 112 cm³/mol. The lowest BCUT2D eigenvalue weighted by Crippen LogP contribution is -2.49. The fourth-order valence-electron chi connectivity index (χ4n) is 3.54. The van der Waals surface area contributed by atoms with Crippen molar-refractivity contribution < 1.29 is 19.1 Å². The molecule has 1 atom stereocenters. The Hall–Kier alpha value is -3.32. The topological polar surface area (TPSA) is 87.7 Å². The van der Waals surface area contributed by atoms with Gasteiger partial charge in [-0.2, -0.15) is 0 Å². The number of ether oxygens (including phenoxy) is 1. The smallest absolute Gasteiger partial charge is 0.338 e. The normalized spacial score (nSPS) is 18.1. The number of nitrogens with zero attached hydrogens (tertiary/aromatic N) is 1. The van der Waals surface area contributed by atoms with E-state index in [-0.39, 0.29) is 13.2 Å². The van der Waals surface area contributed by atoms with Crippen LogP contribution >= 0.6 is 11.6 Å². The van der Waals surface area contributed by atoms with E-state index in [1.807, 2.05) is 44.2 Å². The minimum Gasteiger partial charge on any atom is -0.456 e. The van der Waals surface area contributed by atoms with Crippen LogP contribution in [0.2, 0.25) is 5.02 Å². The molecule has 0 aliphatic carbocycles. The van der Waals surface area contributed by atoms with Gasteiger partial charge in [0.05, 0.1) is 28.0 Å². The monoisotopic (exact) mass is 425 g/mol. The molecule has 2 aliphatic heterocycles. The van der Waals surface area contributed by atoms with Crippen LogP contribution in [0.3, 0.4) is 0 Å². The lowest BCUT2D eigenvalue weighted by molar-refractivity contribution is -0.136. The van der Waals surface area contributed by atoms with Crippen molar-refractivity contribution in [2.75, 3.05) is 18.5 Å². The van der Waals surface area contributed by atoms with Gasteiger partial charge in [-0.05, 0) is 37.1 Å². The highest BCUT2D eigenvalue weighted by Crippen LogP contribution is 2.35. The molecule has 1 unspecified atom stereocenters. The molecule has 154 valence electrons. The molecule has 2 aromatic carbocycles. The van der Waals surface area contributed by atoms with Gasteiger partial charge < -0.3 is 15.4 Å². The van der Waals surface area contributed by atoms with Crippen molar-refractivity contribution >= 4 is 35.2 Å². The van der Waals surface area contributed by atoms with E-state index in [0.29, 0.717) is 22.0 Å². The number of rotatable bonds is 4. The summed E-state index contributed by atoms with van der Waals surface area (Å²) in [4.78, 5) is 39.0. The Bertz CT molecular complexity index is 1080. The predicted octanol–water partition coefficient (Wildman–Crippen LogP) is 3.47. The Morgan fingerprint density at radius 3 is 2.57 bits per heavy atom. The van der Waals surface area contributed by atoms with Gasteiger partial charge in [0.2, 0.25) is 5.91 Å². The molecule has 0 aromatic heterocycles. The molecular formula is C22H20ClN3O4. The molecule has 0 fully saturated rings. The van der Waals surface area contributed by atoms with Crippen molar-refractivity contribution in [3.63, 3.8) is 0 Å². The zero-order valence-electron chi connectivity index (χ0n) is 16.5. The maximum Gasteiger partial charge on any atom is 0.338 e. The van der Waals surface area contributed by atoms with Gasteiger partial charge in [0, 0.05) is 0 Å².